The molecule has 1 fully saturated rings. The summed E-state index contributed by atoms with van der Waals surface area (Å²) < 4.78 is 0. The van der Waals surface area contributed by atoms with Gasteiger partial charge in [0.15, 0.2) is 0 Å². The number of hydrogen-bond donors (Lipinski definition) is 1. The monoisotopic (exact) mass is 218 g/mol. The molecule has 0 bridgehead atoms. The van der Waals surface area contributed by atoms with E-state index in [4.69, 9.17) is 5.73 Å². The first-order valence-corrected chi connectivity index (χ1v) is 6.20. The summed E-state index contributed by atoms with van der Waals surface area (Å²) in [5.41, 5.74) is 10.4. The lowest BCUT2D eigenvalue weighted by Gasteiger charge is -2.27. The first kappa shape index (κ1) is 11.6. The molecule has 1 aliphatic heterocycles. The van der Waals surface area contributed by atoms with Crippen molar-refractivity contribution in [1.82, 2.24) is 4.90 Å². The summed E-state index contributed by atoms with van der Waals surface area (Å²) in [6, 6.07) is 7.40. The zero-order valence-electron chi connectivity index (χ0n) is 10.5. The maximum absolute atomic E-state index is 6.25. The van der Waals surface area contributed by atoms with Crippen LogP contribution in [0.15, 0.2) is 18.2 Å². The number of nitrogens with two attached hydrogens (primary N) is 1. The van der Waals surface area contributed by atoms with Gasteiger partial charge in [-0.25, -0.2) is 0 Å². The highest BCUT2D eigenvalue weighted by Gasteiger charge is 2.32. The fourth-order valence-corrected chi connectivity index (χ4v) is 2.74. The van der Waals surface area contributed by atoms with Crippen LogP contribution in [0.1, 0.15) is 36.1 Å². The first-order chi connectivity index (χ1) is 7.63. The molecule has 2 rings (SSSR count). The molecule has 0 aliphatic carbocycles. The standard InChI is InChI=1S/C14H22N2/c1-4-16-8-7-13(15)14(16)12-9-10(2)5-6-11(12)3/h5-6,9,13-14H,4,7-8,15H2,1-3H3. The summed E-state index contributed by atoms with van der Waals surface area (Å²) >= 11 is 0. The van der Waals surface area contributed by atoms with Crippen LogP contribution in [0, 0.1) is 13.8 Å². The van der Waals surface area contributed by atoms with Crippen LogP contribution in [0.2, 0.25) is 0 Å². The molecule has 0 aromatic heterocycles. The van der Waals surface area contributed by atoms with Crippen molar-refractivity contribution in [3.63, 3.8) is 0 Å². The van der Waals surface area contributed by atoms with E-state index >= 15 is 0 Å². The molecule has 1 aliphatic rings. The molecule has 0 radical (unpaired) electrons. The van der Waals surface area contributed by atoms with Gasteiger partial charge >= 0.3 is 0 Å². The van der Waals surface area contributed by atoms with Crippen molar-refractivity contribution in [1.29, 1.82) is 0 Å². The van der Waals surface area contributed by atoms with Gasteiger partial charge in [-0.2, -0.15) is 0 Å². The van der Waals surface area contributed by atoms with Gasteiger partial charge in [0.2, 0.25) is 0 Å². The molecule has 0 spiro atoms. The smallest absolute Gasteiger partial charge is 0.0502 e. The van der Waals surface area contributed by atoms with Crippen molar-refractivity contribution in [2.75, 3.05) is 13.1 Å². The molecule has 2 atom stereocenters. The van der Waals surface area contributed by atoms with Crippen LogP contribution in [0.4, 0.5) is 0 Å². The average molecular weight is 218 g/mol. The van der Waals surface area contributed by atoms with Gasteiger partial charge in [0.1, 0.15) is 0 Å². The van der Waals surface area contributed by atoms with Crippen LogP contribution in [0.25, 0.3) is 0 Å². The molecule has 2 unspecified atom stereocenters. The van der Waals surface area contributed by atoms with E-state index in [-0.39, 0.29) is 0 Å². The van der Waals surface area contributed by atoms with Crippen molar-refractivity contribution in [3.8, 4) is 0 Å². The van der Waals surface area contributed by atoms with E-state index in [0.717, 1.165) is 19.5 Å². The van der Waals surface area contributed by atoms with Crippen molar-refractivity contribution in [2.45, 2.75) is 39.3 Å². The predicted molar refractivity (Wildman–Crippen MR) is 68.5 cm³/mol. The lowest BCUT2D eigenvalue weighted by molar-refractivity contribution is 0.260. The lowest BCUT2D eigenvalue weighted by atomic mass is 9.95. The maximum atomic E-state index is 6.25. The maximum Gasteiger partial charge on any atom is 0.0502 e. The number of aryl methyl sites for hydroxylation is 2. The van der Waals surface area contributed by atoms with Gasteiger partial charge in [0.25, 0.3) is 0 Å². The topological polar surface area (TPSA) is 29.3 Å². The van der Waals surface area contributed by atoms with E-state index in [9.17, 15) is 0 Å². The summed E-state index contributed by atoms with van der Waals surface area (Å²) in [6.45, 7) is 8.78. The second-order valence-corrected chi connectivity index (χ2v) is 4.89. The molecule has 1 saturated heterocycles. The molecule has 2 N–H and O–H groups in total. The summed E-state index contributed by atoms with van der Waals surface area (Å²) in [5.74, 6) is 0. The van der Waals surface area contributed by atoms with Crippen molar-refractivity contribution in [3.05, 3.63) is 34.9 Å². The highest BCUT2D eigenvalue weighted by Crippen LogP contribution is 2.33. The Labute approximate surface area is 98.4 Å². The molecule has 1 heterocycles. The Hall–Kier alpha value is -0.860. The number of likely N-dealkylation sites (tertiary alicyclic amines) is 1. The third kappa shape index (κ3) is 2.00. The van der Waals surface area contributed by atoms with Gasteiger partial charge in [-0.15, -0.1) is 0 Å². The molecule has 2 nitrogen and oxygen atoms in total. The Bertz CT molecular complexity index is 373. The summed E-state index contributed by atoms with van der Waals surface area (Å²) in [5, 5.41) is 0. The van der Waals surface area contributed by atoms with Gasteiger partial charge < -0.3 is 5.73 Å². The average Bonchev–Trinajstić information content (AvgIpc) is 2.63. The Morgan fingerprint density at radius 3 is 2.81 bits per heavy atom. The van der Waals surface area contributed by atoms with E-state index in [1.165, 1.54) is 16.7 Å². The van der Waals surface area contributed by atoms with E-state index in [1.54, 1.807) is 0 Å². The van der Waals surface area contributed by atoms with Gasteiger partial charge in [-0.3, -0.25) is 4.90 Å². The molecule has 0 saturated carbocycles. The fourth-order valence-electron chi connectivity index (χ4n) is 2.74. The Kier molecular flexibility index (Phi) is 3.31. The first-order valence-electron chi connectivity index (χ1n) is 6.20. The minimum atomic E-state index is 0.292. The highest BCUT2D eigenvalue weighted by molar-refractivity contribution is 5.34. The van der Waals surface area contributed by atoms with Crippen LogP contribution in [-0.4, -0.2) is 24.0 Å². The van der Waals surface area contributed by atoms with E-state index in [1.807, 2.05) is 0 Å². The van der Waals surface area contributed by atoms with Crippen LogP contribution in [-0.2, 0) is 0 Å². The highest BCUT2D eigenvalue weighted by atomic mass is 15.2. The van der Waals surface area contributed by atoms with Crippen LogP contribution in [0.3, 0.4) is 0 Å². The molecule has 0 amide bonds. The Morgan fingerprint density at radius 1 is 1.38 bits per heavy atom. The minimum Gasteiger partial charge on any atom is -0.326 e. The van der Waals surface area contributed by atoms with Gasteiger partial charge in [-0.05, 0) is 37.9 Å². The van der Waals surface area contributed by atoms with Crippen LogP contribution < -0.4 is 5.73 Å². The van der Waals surface area contributed by atoms with Crippen molar-refractivity contribution >= 4 is 0 Å². The van der Waals surface area contributed by atoms with Crippen LogP contribution in [0.5, 0.6) is 0 Å². The van der Waals surface area contributed by atoms with Crippen molar-refractivity contribution < 1.29 is 0 Å². The molecule has 88 valence electrons. The van der Waals surface area contributed by atoms with E-state index < -0.39 is 0 Å². The van der Waals surface area contributed by atoms with Crippen LogP contribution >= 0.6 is 0 Å². The van der Waals surface area contributed by atoms with Crippen molar-refractivity contribution in [2.24, 2.45) is 5.73 Å². The third-order valence-corrected chi connectivity index (χ3v) is 3.71. The Balaban J connectivity index is 2.37. The normalized spacial score (nSPS) is 26.2. The van der Waals surface area contributed by atoms with Gasteiger partial charge in [0.05, 0.1) is 6.04 Å². The largest absolute Gasteiger partial charge is 0.326 e. The summed E-state index contributed by atoms with van der Waals surface area (Å²) in [6.07, 6.45) is 1.12. The Morgan fingerprint density at radius 2 is 2.12 bits per heavy atom. The molecular formula is C14H22N2. The number of likely N-dealkylation sites (N-methyl/N-ethyl adjacent to an activating group) is 1. The summed E-state index contributed by atoms with van der Waals surface area (Å²) in [7, 11) is 0. The third-order valence-electron chi connectivity index (χ3n) is 3.71. The fraction of sp³-hybridized carbons (Fsp3) is 0.571. The molecular weight excluding hydrogens is 196 g/mol. The number of rotatable bonds is 2. The molecule has 2 heteroatoms. The van der Waals surface area contributed by atoms with E-state index in [2.05, 4.69) is 43.9 Å². The SMILES string of the molecule is CCN1CCC(N)C1c1cc(C)ccc1C. The molecule has 16 heavy (non-hydrogen) atoms. The zero-order chi connectivity index (χ0) is 11.7. The zero-order valence-corrected chi connectivity index (χ0v) is 10.5. The number of hydrogen-bond acceptors (Lipinski definition) is 2. The van der Waals surface area contributed by atoms with E-state index in [0.29, 0.717) is 12.1 Å². The minimum absolute atomic E-state index is 0.292. The number of nitrogens with zero attached hydrogens (tertiary/aromatic N) is 1. The predicted octanol–water partition coefficient (Wildman–Crippen LogP) is 2.40. The second-order valence-electron chi connectivity index (χ2n) is 4.89. The summed E-state index contributed by atoms with van der Waals surface area (Å²) in [4.78, 5) is 2.49. The number of benzene rings is 1. The lowest BCUT2D eigenvalue weighted by Crippen LogP contribution is -2.32. The second kappa shape index (κ2) is 4.56. The molecule has 1 aromatic carbocycles. The quantitative estimate of drug-likeness (QED) is 0.826. The molecule has 1 aromatic rings. The van der Waals surface area contributed by atoms with Gasteiger partial charge in [0, 0.05) is 12.6 Å². The van der Waals surface area contributed by atoms with Gasteiger partial charge in [-0.1, -0.05) is 30.7 Å².